The predicted octanol–water partition coefficient (Wildman–Crippen LogP) is 3.90. The van der Waals surface area contributed by atoms with Gasteiger partial charge < -0.3 is 13.9 Å². The summed E-state index contributed by atoms with van der Waals surface area (Å²) in [4.78, 5) is 3.99. The van der Waals surface area contributed by atoms with E-state index in [0.29, 0.717) is 24.5 Å². The number of hydrogen-bond acceptors (Lipinski definition) is 4. The molecule has 0 aliphatic carbocycles. The van der Waals surface area contributed by atoms with Gasteiger partial charge in [-0.15, -0.1) is 6.58 Å². The van der Waals surface area contributed by atoms with E-state index in [1.165, 1.54) is 18.5 Å². The number of alkyl halides is 2. The van der Waals surface area contributed by atoms with E-state index in [1.807, 2.05) is 0 Å². The molecule has 0 unspecified atom stereocenters. The van der Waals surface area contributed by atoms with Crippen molar-refractivity contribution in [2.24, 2.45) is 0 Å². The van der Waals surface area contributed by atoms with Crippen molar-refractivity contribution in [3.63, 3.8) is 0 Å². The molecule has 20 heavy (non-hydrogen) atoms. The van der Waals surface area contributed by atoms with Gasteiger partial charge in [0.15, 0.2) is 11.5 Å². The highest BCUT2D eigenvalue weighted by atomic mass is 19.3. The zero-order valence-electron chi connectivity index (χ0n) is 10.6. The Balaban J connectivity index is 2.25. The molecule has 1 aromatic carbocycles. The Bertz CT molecular complexity index is 556. The number of aromatic nitrogens is 1. The molecule has 0 saturated heterocycles. The number of hydrogen-bond donors (Lipinski definition) is 0. The third-order valence-electron chi connectivity index (χ3n) is 2.42. The normalized spacial score (nSPS) is 10.6. The number of benzene rings is 1. The second kappa shape index (κ2) is 6.70. The zero-order chi connectivity index (χ0) is 14.4. The van der Waals surface area contributed by atoms with Gasteiger partial charge in [0.05, 0.1) is 12.8 Å². The molecule has 0 atom stereocenters. The van der Waals surface area contributed by atoms with E-state index in [1.54, 1.807) is 18.2 Å². The topological polar surface area (TPSA) is 44.5 Å². The minimum Gasteiger partial charge on any atom is -0.489 e. The average molecular weight is 281 g/mol. The molecule has 0 bridgehead atoms. The van der Waals surface area contributed by atoms with Crippen LogP contribution in [0.3, 0.4) is 0 Å². The van der Waals surface area contributed by atoms with Crippen molar-refractivity contribution < 1.29 is 22.7 Å². The highest BCUT2D eigenvalue weighted by molar-refractivity contribution is 5.59. The number of oxazole rings is 1. The van der Waals surface area contributed by atoms with Crippen LogP contribution in [0.5, 0.6) is 11.5 Å². The Morgan fingerprint density at radius 3 is 2.85 bits per heavy atom. The van der Waals surface area contributed by atoms with Crippen LogP contribution in [-0.4, -0.2) is 18.2 Å². The van der Waals surface area contributed by atoms with E-state index in [9.17, 15) is 8.78 Å². The van der Waals surface area contributed by atoms with E-state index in [-0.39, 0.29) is 11.5 Å². The Morgan fingerprint density at radius 1 is 1.35 bits per heavy atom. The van der Waals surface area contributed by atoms with Crippen LogP contribution >= 0.6 is 0 Å². The van der Waals surface area contributed by atoms with Crippen molar-refractivity contribution >= 4 is 0 Å². The maximum Gasteiger partial charge on any atom is 0.387 e. The summed E-state index contributed by atoms with van der Waals surface area (Å²) in [6.45, 7) is 0.970. The standard InChI is InChI=1S/C14H13F2NO3/c1-2-3-7-18-12-9-10(13-17-6-8-19-13)4-5-11(12)20-14(15)16/h2,4-6,8-9,14H,1,3,7H2. The van der Waals surface area contributed by atoms with E-state index in [2.05, 4.69) is 16.3 Å². The SMILES string of the molecule is C=CCCOc1cc(-c2ncco2)ccc1OC(F)F. The lowest BCUT2D eigenvalue weighted by atomic mass is 10.2. The van der Waals surface area contributed by atoms with Crippen LogP contribution in [0.25, 0.3) is 11.5 Å². The molecule has 0 aliphatic rings. The molecular weight excluding hydrogens is 268 g/mol. The van der Waals surface area contributed by atoms with Gasteiger partial charge in [0.1, 0.15) is 6.26 Å². The summed E-state index contributed by atoms with van der Waals surface area (Å²) in [5, 5.41) is 0. The first-order valence-electron chi connectivity index (χ1n) is 5.93. The fourth-order valence-corrected chi connectivity index (χ4v) is 1.57. The molecule has 0 radical (unpaired) electrons. The van der Waals surface area contributed by atoms with Gasteiger partial charge in [0.25, 0.3) is 0 Å². The number of halogens is 2. The highest BCUT2D eigenvalue weighted by Gasteiger charge is 2.13. The lowest BCUT2D eigenvalue weighted by Gasteiger charge is -2.12. The molecule has 0 spiro atoms. The smallest absolute Gasteiger partial charge is 0.387 e. The van der Waals surface area contributed by atoms with Crippen LogP contribution in [-0.2, 0) is 0 Å². The first kappa shape index (κ1) is 14.0. The molecular formula is C14H13F2NO3. The van der Waals surface area contributed by atoms with Crippen LogP contribution in [0.1, 0.15) is 6.42 Å². The molecule has 106 valence electrons. The Kier molecular flexibility index (Phi) is 4.70. The number of nitrogens with zero attached hydrogens (tertiary/aromatic N) is 1. The molecule has 0 aliphatic heterocycles. The van der Waals surface area contributed by atoms with Crippen molar-refractivity contribution in [1.82, 2.24) is 4.98 Å². The van der Waals surface area contributed by atoms with E-state index >= 15 is 0 Å². The lowest BCUT2D eigenvalue weighted by Crippen LogP contribution is -2.05. The van der Waals surface area contributed by atoms with Gasteiger partial charge in [-0.2, -0.15) is 8.78 Å². The largest absolute Gasteiger partial charge is 0.489 e. The minimum absolute atomic E-state index is 0.0284. The third kappa shape index (κ3) is 3.57. The molecule has 0 saturated carbocycles. The van der Waals surface area contributed by atoms with Crippen LogP contribution in [0.4, 0.5) is 8.78 Å². The van der Waals surface area contributed by atoms with E-state index < -0.39 is 6.61 Å². The predicted molar refractivity (Wildman–Crippen MR) is 68.9 cm³/mol. The molecule has 6 heteroatoms. The van der Waals surface area contributed by atoms with Crippen molar-refractivity contribution in [1.29, 1.82) is 0 Å². The fraction of sp³-hybridized carbons (Fsp3) is 0.214. The van der Waals surface area contributed by atoms with Crippen molar-refractivity contribution in [2.45, 2.75) is 13.0 Å². The molecule has 4 nitrogen and oxygen atoms in total. The summed E-state index contributed by atoms with van der Waals surface area (Å²) in [5.41, 5.74) is 0.616. The van der Waals surface area contributed by atoms with Gasteiger partial charge in [-0.05, 0) is 24.6 Å². The summed E-state index contributed by atoms with van der Waals surface area (Å²) in [5.74, 6) is 0.560. The van der Waals surface area contributed by atoms with Crippen molar-refractivity contribution in [3.05, 3.63) is 43.3 Å². The monoisotopic (exact) mass is 281 g/mol. The Labute approximate surface area is 114 Å². The maximum atomic E-state index is 12.3. The van der Waals surface area contributed by atoms with Gasteiger partial charge in [0, 0.05) is 5.56 Å². The van der Waals surface area contributed by atoms with Gasteiger partial charge in [-0.3, -0.25) is 0 Å². The van der Waals surface area contributed by atoms with Gasteiger partial charge in [0.2, 0.25) is 5.89 Å². The van der Waals surface area contributed by atoms with Gasteiger partial charge in [-0.25, -0.2) is 4.98 Å². The summed E-state index contributed by atoms with van der Waals surface area (Å²) < 4.78 is 39.7. The molecule has 2 rings (SSSR count). The average Bonchev–Trinajstić information content (AvgIpc) is 2.94. The summed E-state index contributed by atoms with van der Waals surface area (Å²) in [7, 11) is 0. The highest BCUT2D eigenvalue weighted by Crippen LogP contribution is 2.33. The quantitative estimate of drug-likeness (QED) is 0.570. The third-order valence-corrected chi connectivity index (χ3v) is 2.42. The molecule has 1 aromatic heterocycles. The summed E-state index contributed by atoms with van der Waals surface area (Å²) >= 11 is 0. The van der Waals surface area contributed by atoms with Crippen LogP contribution in [0.15, 0.2) is 47.7 Å². The summed E-state index contributed by atoms with van der Waals surface area (Å²) in [6, 6.07) is 4.52. The zero-order valence-corrected chi connectivity index (χ0v) is 10.6. The first-order valence-corrected chi connectivity index (χ1v) is 5.93. The summed E-state index contributed by atoms with van der Waals surface area (Å²) in [6.07, 6.45) is 5.19. The van der Waals surface area contributed by atoms with Gasteiger partial charge in [-0.1, -0.05) is 6.08 Å². The van der Waals surface area contributed by atoms with Crippen molar-refractivity contribution in [2.75, 3.05) is 6.61 Å². The van der Waals surface area contributed by atoms with Crippen LogP contribution in [0, 0.1) is 0 Å². The number of ether oxygens (including phenoxy) is 2. The molecule has 0 amide bonds. The van der Waals surface area contributed by atoms with E-state index in [0.717, 1.165) is 0 Å². The molecule has 0 fully saturated rings. The second-order valence-corrected chi connectivity index (χ2v) is 3.80. The lowest BCUT2D eigenvalue weighted by molar-refractivity contribution is -0.0514. The van der Waals surface area contributed by atoms with Crippen LogP contribution < -0.4 is 9.47 Å². The second-order valence-electron chi connectivity index (χ2n) is 3.80. The van der Waals surface area contributed by atoms with Crippen molar-refractivity contribution in [3.8, 4) is 23.0 Å². The number of rotatable bonds is 7. The Hall–Kier alpha value is -2.37. The minimum atomic E-state index is -2.91. The first-order chi connectivity index (χ1) is 9.70. The fourth-order valence-electron chi connectivity index (χ4n) is 1.57. The Morgan fingerprint density at radius 2 is 2.20 bits per heavy atom. The van der Waals surface area contributed by atoms with Gasteiger partial charge >= 0.3 is 6.61 Å². The van der Waals surface area contributed by atoms with E-state index in [4.69, 9.17) is 9.15 Å². The van der Waals surface area contributed by atoms with Crippen LogP contribution in [0.2, 0.25) is 0 Å². The maximum absolute atomic E-state index is 12.3. The molecule has 0 N–H and O–H groups in total. The molecule has 1 heterocycles. The molecule has 2 aromatic rings.